The van der Waals surface area contributed by atoms with Gasteiger partial charge < -0.3 is 15.2 Å². The highest BCUT2D eigenvalue weighted by Gasteiger charge is 2.34. The van der Waals surface area contributed by atoms with Crippen molar-refractivity contribution in [2.24, 2.45) is 0 Å². The number of phenols is 1. The van der Waals surface area contributed by atoms with Gasteiger partial charge in [-0.15, -0.1) is 0 Å². The van der Waals surface area contributed by atoms with E-state index >= 15 is 0 Å². The van der Waals surface area contributed by atoms with Gasteiger partial charge in [-0.2, -0.15) is 0 Å². The molecule has 0 saturated heterocycles. The monoisotopic (exact) mass is 354 g/mol. The Morgan fingerprint density at radius 3 is 2.54 bits per heavy atom. The molecule has 2 heterocycles. The predicted octanol–water partition coefficient (Wildman–Crippen LogP) is 4.92. The number of rotatable bonds is 4. The van der Waals surface area contributed by atoms with Crippen LogP contribution in [0, 0.1) is 34.6 Å². The maximum Gasteiger partial charge on any atom is 0.127 e. The standard InChI is InChI=1S/C22H30N2O2/c1-13-11-14(2)24-19(12-13)23-10-9-22(6)8-7-18-17(5)20(25)15(3)16(4)21(18)26-22/h11-12,25H,7-10H2,1-6H3,(H,23,24). The largest absolute Gasteiger partial charge is 0.507 e. The molecule has 26 heavy (non-hydrogen) atoms. The van der Waals surface area contributed by atoms with E-state index in [1.807, 2.05) is 27.7 Å². The summed E-state index contributed by atoms with van der Waals surface area (Å²) in [7, 11) is 0. The van der Waals surface area contributed by atoms with Crippen molar-refractivity contribution in [2.75, 3.05) is 11.9 Å². The highest BCUT2D eigenvalue weighted by Crippen LogP contribution is 2.43. The van der Waals surface area contributed by atoms with Gasteiger partial charge in [0, 0.05) is 24.2 Å². The van der Waals surface area contributed by atoms with Crippen LogP contribution in [0.2, 0.25) is 0 Å². The van der Waals surface area contributed by atoms with Gasteiger partial charge in [0.05, 0.1) is 0 Å². The fourth-order valence-corrected chi connectivity index (χ4v) is 3.86. The van der Waals surface area contributed by atoms with Crippen LogP contribution < -0.4 is 10.1 Å². The summed E-state index contributed by atoms with van der Waals surface area (Å²) in [5.74, 6) is 2.31. The molecule has 2 N–H and O–H groups in total. The lowest BCUT2D eigenvalue weighted by atomic mass is 9.85. The molecule has 0 radical (unpaired) electrons. The summed E-state index contributed by atoms with van der Waals surface area (Å²) in [6.45, 7) is 13.1. The molecule has 0 fully saturated rings. The molecule has 2 aromatic rings. The van der Waals surface area contributed by atoms with Gasteiger partial charge in [0.2, 0.25) is 0 Å². The van der Waals surface area contributed by atoms with Crippen LogP contribution in [0.4, 0.5) is 5.82 Å². The van der Waals surface area contributed by atoms with Crippen molar-refractivity contribution in [1.82, 2.24) is 4.98 Å². The van der Waals surface area contributed by atoms with E-state index in [4.69, 9.17) is 4.74 Å². The van der Waals surface area contributed by atoms with Gasteiger partial charge in [-0.1, -0.05) is 0 Å². The molecule has 140 valence electrons. The van der Waals surface area contributed by atoms with Crippen LogP contribution in [0.5, 0.6) is 11.5 Å². The Kier molecular flexibility index (Phi) is 4.87. The molecule has 4 heteroatoms. The number of hydrogen-bond acceptors (Lipinski definition) is 4. The molecule has 4 nitrogen and oxygen atoms in total. The first-order chi connectivity index (χ1) is 12.2. The number of hydrogen-bond donors (Lipinski definition) is 2. The fraction of sp³-hybridized carbons (Fsp3) is 0.500. The number of phenolic OH excluding ortho intramolecular Hbond substituents is 1. The highest BCUT2D eigenvalue weighted by molar-refractivity contribution is 5.58. The number of aromatic nitrogens is 1. The van der Waals surface area contributed by atoms with E-state index in [2.05, 4.69) is 36.3 Å². The second kappa shape index (κ2) is 6.82. The second-order valence-electron chi connectivity index (χ2n) is 7.93. The minimum atomic E-state index is -0.209. The molecular formula is C22H30N2O2. The fourth-order valence-electron chi connectivity index (χ4n) is 3.86. The Labute approximate surface area is 156 Å². The van der Waals surface area contributed by atoms with Gasteiger partial charge in [0.1, 0.15) is 22.9 Å². The lowest BCUT2D eigenvalue weighted by molar-refractivity contribution is 0.0584. The summed E-state index contributed by atoms with van der Waals surface area (Å²) < 4.78 is 6.48. The number of aryl methyl sites for hydroxylation is 2. The summed E-state index contributed by atoms with van der Waals surface area (Å²) >= 11 is 0. The third-order valence-corrected chi connectivity index (χ3v) is 5.65. The number of nitrogens with one attached hydrogen (secondary N) is 1. The van der Waals surface area contributed by atoms with Crippen LogP contribution in [-0.4, -0.2) is 22.2 Å². The molecule has 1 aliphatic heterocycles. The van der Waals surface area contributed by atoms with E-state index in [0.29, 0.717) is 5.75 Å². The van der Waals surface area contributed by atoms with E-state index in [1.165, 1.54) is 5.56 Å². The SMILES string of the molecule is Cc1cc(C)nc(NCCC2(C)CCc3c(C)c(O)c(C)c(C)c3O2)c1. The quantitative estimate of drug-likeness (QED) is 0.819. The molecule has 0 amide bonds. The van der Waals surface area contributed by atoms with Crippen LogP contribution in [0.3, 0.4) is 0 Å². The Morgan fingerprint density at radius 2 is 1.85 bits per heavy atom. The number of aromatic hydroxyl groups is 1. The summed E-state index contributed by atoms with van der Waals surface area (Å²) in [6.07, 6.45) is 2.79. The zero-order valence-corrected chi connectivity index (χ0v) is 16.8. The third kappa shape index (κ3) is 3.50. The summed E-state index contributed by atoms with van der Waals surface area (Å²) in [4.78, 5) is 4.54. The molecule has 1 aliphatic rings. The Bertz CT molecular complexity index is 825. The summed E-state index contributed by atoms with van der Waals surface area (Å²) in [5.41, 5.74) is 6.13. The Balaban J connectivity index is 1.73. The van der Waals surface area contributed by atoms with E-state index in [-0.39, 0.29) is 5.60 Å². The number of nitrogens with zero attached hydrogens (tertiary/aromatic N) is 1. The molecule has 0 spiro atoms. The van der Waals surface area contributed by atoms with Crippen molar-refractivity contribution in [3.8, 4) is 11.5 Å². The van der Waals surface area contributed by atoms with Crippen LogP contribution in [0.15, 0.2) is 12.1 Å². The van der Waals surface area contributed by atoms with Crippen molar-refractivity contribution in [2.45, 2.75) is 66.4 Å². The van der Waals surface area contributed by atoms with Crippen molar-refractivity contribution in [3.05, 3.63) is 45.6 Å². The molecule has 0 aliphatic carbocycles. The molecule has 0 saturated carbocycles. The lowest BCUT2D eigenvalue weighted by Gasteiger charge is -2.38. The first-order valence-corrected chi connectivity index (χ1v) is 9.40. The van der Waals surface area contributed by atoms with Gasteiger partial charge in [-0.05, 0) is 88.8 Å². The molecule has 0 bridgehead atoms. The van der Waals surface area contributed by atoms with E-state index in [9.17, 15) is 5.11 Å². The normalized spacial score (nSPS) is 19.0. The molecular weight excluding hydrogens is 324 g/mol. The van der Waals surface area contributed by atoms with Crippen LogP contribution in [0.25, 0.3) is 0 Å². The zero-order valence-electron chi connectivity index (χ0n) is 16.8. The van der Waals surface area contributed by atoms with Crippen molar-refractivity contribution in [3.63, 3.8) is 0 Å². The van der Waals surface area contributed by atoms with Crippen LogP contribution in [0.1, 0.15) is 53.3 Å². The molecule has 3 rings (SSSR count). The summed E-state index contributed by atoms with van der Waals surface area (Å²) in [6, 6.07) is 4.16. The van der Waals surface area contributed by atoms with Gasteiger partial charge in [-0.25, -0.2) is 4.98 Å². The minimum absolute atomic E-state index is 0.209. The predicted molar refractivity (Wildman–Crippen MR) is 106 cm³/mol. The number of fused-ring (bicyclic) bond motifs is 1. The minimum Gasteiger partial charge on any atom is -0.507 e. The topological polar surface area (TPSA) is 54.4 Å². The average molecular weight is 354 g/mol. The van der Waals surface area contributed by atoms with Gasteiger partial charge in [0.25, 0.3) is 0 Å². The average Bonchev–Trinajstić information content (AvgIpc) is 2.57. The first kappa shape index (κ1) is 18.6. The highest BCUT2D eigenvalue weighted by atomic mass is 16.5. The molecule has 1 atom stereocenters. The van der Waals surface area contributed by atoms with Crippen LogP contribution in [-0.2, 0) is 6.42 Å². The van der Waals surface area contributed by atoms with E-state index in [0.717, 1.165) is 65.3 Å². The van der Waals surface area contributed by atoms with Gasteiger partial charge in [0.15, 0.2) is 0 Å². The van der Waals surface area contributed by atoms with E-state index < -0.39 is 0 Å². The lowest BCUT2D eigenvalue weighted by Crippen LogP contribution is -2.38. The Morgan fingerprint density at radius 1 is 1.12 bits per heavy atom. The van der Waals surface area contributed by atoms with Crippen molar-refractivity contribution in [1.29, 1.82) is 0 Å². The van der Waals surface area contributed by atoms with Gasteiger partial charge in [-0.3, -0.25) is 0 Å². The smallest absolute Gasteiger partial charge is 0.127 e. The maximum absolute atomic E-state index is 10.3. The molecule has 1 aromatic carbocycles. The zero-order chi connectivity index (χ0) is 19.1. The summed E-state index contributed by atoms with van der Waals surface area (Å²) in [5, 5.41) is 13.8. The number of ether oxygens (including phenoxy) is 1. The third-order valence-electron chi connectivity index (χ3n) is 5.65. The molecule has 1 aromatic heterocycles. The second-order valence-corrected chi connectivity index (χ2v) is 7.93. The number of pyridine rings is 1. The number of benzene rings is 1. The number of anilines is 1. The maximum atomic E-state index is 10.3. The van der Waals surface area contributed by atoms with Crippen LogP contribution >= 0.6 is 0 Å². The van der Waals surface area contributed by atoms with Crippen molar-refractivity contribution >= 4 is 5.82 Å². The van der Waals surface area contributed by atoms with Crippen molar-refractivity contribution < 1.29 is 9.84 Å². The first-order valence-electron chi connectivity index (χ1n) is 9.40. The van der Waals surface area contributed by atoms with Gasteiger partial charge >= 0.3 is 0 Å². The molecule has 1 unspecified atom stereocenters. The van der Waals surface area contributed by atoms with E-state index in [1.54, 1.807) is 0 Å². The Hall–Kier alpha value is -2.23.